The number of anilines is 5. The summed E-state index contributed by atoms with van der Waals surface area (Å²) in [7, 11) is 0. The molecule has 4 rings (SSSR count). The minimum absolute atomic E-state index is 0.190. The SMILES string of the molecule is Cc1nc(Nc2ccc(NC(=O)c3ccc(Cl)s3)cc2)cc(Nc2ccccn2)n1. The Kier molecular flexibility index (Phi) is 5.87. The predicted molar refractivity (Wildman–Crippen MR) is 121 cm³/mol. The highest BCUT2D eigenvalue weighted by Crippen LogP contribution is 2.24. The lowest BCUT2D eigenvalue weighted by Crippen LogP contribution is -2.09. The number of benzene rings is 1. The van der Waals surface area contributed by atoms with E-state index < -0.39 is 0 Å². The molecule has 30 heavy (non-hydrogen) atoms. The molecule has 3 N–H and O–H groups in total. The van der Waals surface area contributed by atoms with Gasteiger partial charge in [-0.25, -0.2) is 15.0 Å². The number of pyridine rings is 1. The number of thiophene rings is 1. The van der Waals surface area contributed by atoms with E-state index in [1.165, 1.54) is 11.3 Å². The number of carbonyl (C=O) groups is 1. The van der Waals surface area contributed by atoms with Crippen LogP contribution in [0.5, 0.6) is 0 Å². The molecule has 0 atom stereocenters. The molecule has 7 nitrogen and oxygen atoms in total. The van der Waals surface area contributed by atoms with Crippen molar-refractivity contribution in [1.29, 1.82) is 0 Å². The van der Waals surface area contributed by atoms with Gasteiger partial charge in [-0.3, -0.25) is 4.79 Å². The summed E-state index contributed by atoms with van der Waals surface area (Å²) in [5, 5.41) is 9.26. The van der Waals surface area contributed by atoms with Gasteiger partial charge in [-0.1, -0.05) is 17.7 Å². The van der Waals surface area contributed by atoms with E-state index in [-0.39, 0.29) is 5.91 Å². The Hall–Kier alpha value is -3.49. The molecule has 0 bridgehead atoms. The van der Waals surface area contributed by atoms with Crippen LogP contribution in [0.2, 0.25) is 4.34 Å². The molecule has 0 fully saturated rings. The number of halogens is 1. The van der Waals surface area contributed by atoms with Crippen molar-refractivity contribution in [3.05, 3.63) is 81.9 Å². The van der Waals surface area contributed by atoms with Gasteiger partial charge in [0, 0.05) is 23.6 Å². The average Bonchev–Trinajstić information content (AvgIpc) is 3.16. The van der Waals surface area contributed by atoms with Crippen LogP contribution >= 0.6 is 22.9 Å². The van der Waals surface area contributed by atoms with Crippen molar-refractivity contribution in [3.63, 3.8) is 0 Å². The van der Waals surface area contributed by atoms with Crippen molar-refractivity contribution < 1.29 is 4.79 Å². The van der Waals surface area contributed by atoms with Crippen molar-refractivity contribution in [3.8, 4) is 0 Å². The second-order valence-electron chi connectivity index (χ2n) is 6.29. The Bertz CT molecular complexity index is 1160. The van der Waals surface area contributed by atoms with E-state index in [9.17, 15) is 4.79 Å². The van der Waals surface area contributed by atoms with E-state index in [1.54, 1.807) is 24.4 Å². The highest BCUT2D eigenvalue weighted by Gasteiger charge is 2.09. The molecule has 1 amide bonds. The van der Waals surface area contributed by atoms with Gasteiger partial charge in [0.2, 0.25) is 0 Å². The molecule has 0 saturated carbocycles. The van der Waals surface area contributed by atoms with E-state index in [0.717, 1.165) is 5.69 Å². The molecule has 9 heteroatoms. The summed E-state index contributed by atoms with van der Waals surface area (Å²) in [4.78, 5) is 25.8. The Morgan fingerprint density at radius 3 is 2.30 bits per heavy atom. The number of nitrogens with zero attached hydrogens (tertiary/aromatic N) is 3. The molecule has 0 saturated heterocycles. The van der Waals surface area contributed by atoms with Crippen LogP contribution in [0.3, 0.4) is 0 Å². The quantitative estimate of drug-likeness (QED) is 0.362. The van der Waals surface area contributed by atoms with E-state index in [2.05, 4.69) is 30.9 Å². The van der Waals surface area contributed by atoms with Gasteiger partial charge in [-0.05, 0) is 55.5 Å². The zero-order valence-corrected chi connectivity index (χ0v) is 17.5. The van der Waals surface area contributed by atoms with Crippen LogP contribution in [0, 0.1) is 6.92 Å². The maximum atomic E-state index is 12.2. The number of aromatic nitrogens is 3. The number of amides is 1. The third-order valence-corrected chi connectivity index (χ3v) is 5.20. The summed E-state index contributed by atoms with van der Waals surface area (Å²) in [6.45, 7) is 1.82. The first-order valence-electron chi connectivity index (χ1n) is 9.03. The maximum absolute atomic E-state index is 12.2. The molecule has 3 aromatic heterocycles. The minimum Gasteiger partial charge on any atom is -0.340 e. The molecular formula is C21H17ClN6OS. The van der Waals surface area contributed by atoms with Crippen molar-refractivity contribution in [2.24, 2.45) is 0 Å². The normalized spacial score (nSPS) is 10.5. The maximum Gasteiger partial charge on any atom is 0.265 e. The van der Waals surface area contributed by atoms with Gasteiger partial charge >= 0.3 is 0 Å². The van der Waals surface area contributed by atoms with E-state index in [4.69, 9.17) is 11.6 Å². The van der Waals surface area contributed by atoms with Crippen LogP contribution in [-0.4, -0.2) is 20.9 Å². The van der Waals surface area contributed by atoms with Gasteiger partial charge in [0.15, 0.2) is 0 Å². The molecule has 1 aromatic carbocycles. The monoisotopic (exact) mass is 436 g/mol. The van der Waals surface area contributed by atoms with E-state index in [0.29, 0.717) is 38.2 Å². The first kappa shape index (κ1) is 19.8. The fraction of sp³-hybridized carbons (Fsp3) is 0.0476. The van der Waals surface area contributed by atoms with E-state index >= 15 is 0 Å². The van der Waals surface area contributed by atoms with Crippen LogP contribution in [0.4, 0.5) is 28.8 Å². The van der Waals surface area contributed by atoms with Crippen molar-refractivity contribution in [1.82, 2.24) is 15.0 Å². The lowest BCUT2D eigenvalue weighted by Gasteiger charge is -2.10. The Labute approximate surface area is 182 Å². The molecule has 4 aromatic rings. The highest BCUT2D eigenvalue weighted by atomic mass is 35.5. The van der Waals surface area contributed by atoms with Gasteiger partial charge in [0.1, 0.15) is 23.3 Å². The van der Waals surface area contributed by atoms with Gasteiger partial charge in [-0.15, -0.1) is 11.3 Å². The Morgan fingerprint density at radius 2 is 1.63 bits per heavy atom. The fourth-order valence-electron chi connectivity index (χ4n) is 2.68. The minimum atomic E-state index is -0.190. The zero-order chi connectivity index (χ0) is 20.9. The van der Waals surface area contributed by atoms with Crippen LogP contribution in [0.25, 0.3) is 0 Å². The molecule has 0 aliphatic heterocycles. The van der Waals surface area contributed by atoms with Crippen molar-refractivity contribution in [2.45, 2.75) is 6.92 Å². The first-order chi connectivity index (χ1) is 14.5. The lowest BCUT2D eigenvalue weighted by atomic mass is 10.2. The van der Waals surface area contributed by atoms with Crippen LogP contribution in [-0.2, 0) is 0 Å². The Morgan fingerprint density at radius 1 is 0.900 bits per heavy atom. The average molecular weight is 437 g/mol. The van der Waals surface area contributed by atoms with Gasteiger partial charge in [0.25, 0.3) is 5.91 Å². The second-order valence-corrected chi connectivity index (χ2v) is 8.00. The van der Waals surface area contributed by atoms with Gasteiger partial charge < -0.3 is 16.0 Å². The van der Waals surface area contributed by atoms with Crippen LogP contribution in [0.1, 0.15) is 15.5 Å². The summed E-state index contributed by atoms with van der Waals surface area (Å²) in [6.07, 6.45) is 1.71. The first-order valence-corrected chi connectivity index (χ1v) is 10.2. The topological polar surface area (TPSA) is 91.8 Å². The smallest absolute Gasteiger partial charge is 0.265 e. The van der Waals surface area contributed by atoms with Gasteiger partial charge in [-0.2, -0.15) is 0 Å². The number of nitrogens with one attached hydrogen (secondary N) is 3. The molecule has 150 valence electrons. The van der Waals surface area contributed by atoms with Crippen LogP contribution < -0.4 is 16.0 Å². The number of aryl methyl sites for hydroxylation is 1. The summed E-state index contributed by atoms with van der Waals surface area (Å²) >= 11 is 7.12. The summed E-state index contributed by atoms with van der Waals surface area (Å²) in [5.74, 6) is 2.42. The number of hydrogen-bond donors (Lipinski definition) is 3. The molecule has 0 spiro atoms. The summed E-state index contributed by atoms with van der Waals surface area (Å²) in [5.41, 5.74) is 1.51. The number of carbonyl (C=O) groups excluding carboxylic acids is 1. The van der Waals surface area contributed by atoms with Crippen LogP contribution in [0.15, 0.2) is 66.9 Å². The predicted octanol–water partition coefficient (Wildman–Crippen LogP) is 5.63. The summed E-state index contributed by atoms with van der Waals surface area (Å²) in [6, 6.07) is 18.2. The highest BCUT2D eigenvalue weighted by molar-refractivity contribution is 7.18. The molecule has 0 aliphatic carbocycles. The largest absolute Gasteiger partial charge is 0.340 e. The van der Waals surface area contributed by atoms with Crippen molar-refractivity contribution >= 4 is 57.7 Å². The standard InChI is InChI=1S/C21H17ClN6OS/c1-13-24-19(12-20(25-13)28-18-4-2-3-11-23-18)26-14-5-7-15(8-6-14)27-21(29)16-9-10-17(22)30-16/h2-12H,1H3,(H,27,29)(H2,23,24,25,26,28). The molecule has 0 aliphatic rings. The fourth-order valence-corrected chi connectivity index (χ4v) is 3.62. The molecular weight excluding hydrogens is 420 g/mol. The van der Waals surface area contributed by atoms with Crippen molar-refractivity contribution in [2.75, 3.05) is 16.0 Å². The summed E-state index contributed by atoms with van der Waals surface area (Å²) < 4.78 is 0.580. The van der Waals surface area contributed by atoms with E-state index in [1.807, 2.05) is 49.4 Å². The zero-order valence-electron chi connectivity index (χ0n) is 15.9. The number of hydrogen-bond acceptors (Lipinski definition) is 7. The third kappa shape index (κ3) is 5.11. The third-order valence-electron chi connectivity index (χ3n) is 3.97. The van der Waals surface area contributed by atoms with Gasteiger partial charge in [0.05, 0.1) is 9.21 Å². The molecule has 0 unspecified atom stereocenters. The Balaban J connectivity index is 1.43. The lowest BCUT2D eigenvalue weighted by molar-refractivity contribution is 0.103. The second kappa shape index (κ2) is 8.89. The molecule has 3 heterocycles. The number of rotatable bonds is 6. The molecule has 0 radical (unpaired) electrons.